The van der Waals surface area contributed by atoms with Crippen LogP contribution in [0.2, 0.25) is 0 Å². The Hall–Kier alpha value is -2.18. The normalized spacial score (nSPS) is 22.5. The van der Waals surface area contributed by atoms with Crippen LogP contribution in [0.3, 0.4) is 0 Å². The summed E-state index contributed by atoms with van der Waals surface area (Å²) in [5.41, 5.74) is -0.673. The summed E-state index contributed by atoms with van der Waals surface area (Å²) in [6, 6.07) is 2.33. The highest BCUT2D eigenvalue weighted by molar-refractivity contribution is 5.95. The third-order valence-corrected chi connectivity index (χ3v) is 4.58. The second-order valence-corrected chi connectivity index (χ2v) is 7.67. The van der Waals surface area contributed by atoms with Gasteiger partial charge >= 0.3 is 6.09 Å². The van der Waals surface area contributed by atoms with E-state index in [0.717, 1.165) is 13.3 Å². The number of ketones is 1. The van der Waals surface area contributed by atoms with Crippen molar-refractivity contribution < 1.29 is 23.1 Å². The molecule has 0 unspecified atom stereocenters. The first-order valence-electron chi connectivity index (χ1n) is 8.33. The number of benzene rings is 1. The fourth-order valence-corrected chi connectivity index (χ4v) is 3.59. The van der Waals surface area contributed by atoms with Crippen molar-refractivity contribution in [2.75, 3.05) is 18.0 Å². The molecule has 0 aliphatic carbocycles. The van der Waals surface area contributed by atoms with Gasteiger partial charge in [-0.25, -0.2) is 13.6 Å². The zero-order chi connectivity index (χ0) is 18.5. The van der Waals surface area contributed by atoms with Crippen LogP contribution in [0.4, 0.5) is 19.3 Å². The van der Waals surface area contributed by atoms with Gasteiger partial charge in [0, 0.05) is 24.8 Å². The summed E-state index contributed by atoms with van der Waals surface area (Å²) in [6.45, 7) is 7.52. The molecule has 0 aromatic heterocycles. The maximum atomic E-state index is 14.1. The van der Waals surface area contributed by atoms with Crippen LogP contribution in [0.1, 0.15) is 44.5 Å². The molecule has 1 aromatic rings. The number of hydrogen-bond donors (Lipinski definition) is 0. The Bertz CT molecular complexity index is 707. The van der Waals surface area contributed by atoms with E-state index >= 15 is 0 Å². The third-order valence-electron chi connectivity index (χ3n) is 4.58. The van der Waals surface area contributed by atoms with Gasteiger partial charge in [0.05, 0.1) is 11.6 Å². The number of carbonyl (C=O) groups is 2. The minimum absolute atomic E-state index is 0.0144. The SMILES string of the molecule is CC(=O)c1c(F)cc(N2C[C@H]3C[C@@H]2CN3C(=O)OC(C)(C)C)cc1F. The molecule has 5 nitrogen and oxygen atoms in total. The summed E-state index contributed by atoms with van der Waals surface area (Å²) in [5, 5.41) is 0. The van der Waals surface area contributed by atoms with Crippen LogP contribution in [0.15, 0.2) is 12.1 Å². The second kappa shape index (κ2) is 5.97. The number of halogens is 2. The summed E-state index contributed by atoms with van der Waals surface area (Å²) in [7, 11) is 0. The fraction of sp³-hybridized carbons (Fsp3) is 0.556. The van der Waals surface area contributed by atoms with Crippen LogP contribution >= 0.6 is 0 Å². The van der Waals surface area contributed by atoms with Gasteiger partial charge in [-0.2, -0.15) is 0 Å². The lowest BCUT2D eigenvalue weighted by Gasteiger charge is -2.36. The molecule has 0 spiro atoms. The molecule has 3 rings (SSSR count). The summed E-state index contributed by atoms with van der Waals surface area (Å²) < 4.78 is 33.6. The molecule has 2 saturated heterocycles. The van der Waals surface area contributed by atoms with E-state index in [-0.39, 0.29) is 18.2 Å². The van der Waals surface area contributed by atoms with Gasteiger partial charge in [-0.3, -0.25) is 4.79 Å². The van der Waals surface area contributed by atoms with Crippen LogP contribution in [-0.2, 0) is 4.74 Å². The van der Waals surface area contributed by atoms with E-state index in [4.69, 9.17) is 4.74 Å². The third kappa shape index (κ3) is 3.32. The molecule has 2 aliphatic heterocycles. The van der Waals surface area contributed by atoms with Crippen LogP contribution in [0, 0.1) is 11.6 Å². The smallest absolute Gasteiger partial charge is 0.410 e. The largest absolute Gasteiger partial charge is 0.444 e. The predicted octanol–water partition coefficient (Wildman–Crippen LogP) is 3.37. The monoisotopic (exact) mass is 352 g/mol. The Kier molecular flexibility index (Phi) is 4.21. The zero-order valence-corrected chi connectivity index (χ0v) is 14.8. The average molecular weight is 352 g/mol. The number of hydrogen-bond acceptors (Lipinski definition) is 4. The number of nitrogens with zero attached hydrogens (tertiary/aromatic N) is 2. The molecule has 2 atom stereocenters. The molecular formula is C18H22F2N2O3. The molecule has 0 saturated carbocycles. The first kappa shape index (κ1) is 17.6. The number of fused-ring (bicyclic) bond motifs is 2. The van der Waals surface area contributed by atoms with E-state index in [0.29, 0.717) is 18.8 Å². The van der Waals surface area contributed by atoms with Gasteiger partial charge in [0.15, 0.2) is 5.78 Å². The molecule has 1 aromatic carbocycles. The first-order chi connectivity index (χ1) is 11.6. The Morgan fingerprint density at radius 3 is 2.16 bits per heavy atom. The molecule has 1 amide bonds. The summed E-state index contributed by atoms with van der Waals surface area (Å²) >= 11 is 0. The molecule has 2 fully saturated rings. The van der Waals surface area contributed by atoms with E-state index in [1.165, 1.54) is 12.1 Å². The molecule has 0 radical (unpaired) electrons. The quantitative estimate of drug-likeness (QED) is 0.766. The lowest BCUT2D eigenvalue weighted by atomic mass is 10.1. The van der Waals surface area contributed by atoms with Crippen LogP contribution in [0.25, 0.3) is 0 Å². The van der Waals surface area contributed by atoms with E-state index in [1.807, 2.05) is 25.7 Å². The average Bonchev–Trinajstić information content (AvgIpc) is 3.04. The highest BCUT2D eigenvalue weighted by Gasteiger charge is 2.46. The van der Waals surface area contributed by atoms with Gasteiger partial charge in [0.25, 0.3) is 0 Å². The Labute approximate surface area is 145 Å². The standard InChI is InChI=1S/C18H22F2N2O3/c1-10(23)16-14(19)6-11(7-15(16)20)21-8-13-5-12(21)9-22(13)17(24)25-18(2,3)4/h6-7,12-13H,5,8-9H2,1-4H3/t12-,13-/m1/s1. The van der Waals surface area contributed by atoms with Gasteiger partial charge in [-0.15, -0.1) is 0 Å². The van der Waals surface area contributed by atoms with Crippen molar-refractivity contribution in [3.63, 3.8) is 0 Å². The number of amides is 1. The molecule has 0 N–H and O–H groups in total. The lowest BCUT2D eigenvalue weighted by molar-refractivity contribution is 0.0214. The van der Waals surface area contributed by atoms with Crippen molar-refractivity contribution in [3.05, 3.63) is 29.3 Å². The van der Waals surface area contributed by atoms with Gasteiger partial charge in [-0.05, 0) is 46.2 Å². The Morgan fingerprint density at radius 2 is 1.72 bits per heavy atom. The molecule has 25 heavy (non-hydrogen) atoms. The van der Waals surface area contributed by atoms with E-state index in [2.05, 4.69) is 0 Å². The van der Waals surface area contributed by atoms with E-state index in [1.54, 1.807) is 4.90 Å². The molecule has 7 heteroatoms. The molecule has 2 bridgehead atoms. The number of anilines is 1. The fourth-order valence-electron chi connectivity index (χ4n) is 3.59. The number of likely N-dealkylation sites (tertiary alicyclic amines) is 1. The minimum atomic E-state index is -0.853. The first-order valence-corrected chi connectivity index (χ1v) is 8.33. The van der Waals surface area contributed by atoms with Crippen LogP contribution < -0.4 is 4.90 Å². The number of carbonyl (C=O) groups excluding carboxylic acids is 2. The van der Waals surface area contributed by atoms with Gasteiger partial charge in [0.2, 0.25) is 0 Å². The van der Waals surface area contributed by atoms with Crippen LogP contribution in [0.5, 0.6) is 0 Å². The molecular weight excluding hydrogens is 330 g/mol. The van der Waals surface area contributed by atoms with Crippen molar-refractivity contribution in [1.29, 1.82) is 0 Å². The Balaban J connectivity index is 1.75. The highest BCUT2D eigenvalue weighted by Crippen LogP contribution is 2.36. The van der Waals surface area contributed by atoms with Crippen molar-refractivity contribution in [2.45, 2.75) is 51.8 Å². The molecule has 2 heterocycles. The number of rotatable bonds is 2. The minimum Gasteiger partial charge on any atom is -0.444 e. The number of piperazine rings is 1. The highest BCUT2D eigenvalue weighted by atomic mass is 19.1. The van der Waals surface area contributed by atoms with Crippen molar-refractivity contribution in [3.8, 4) is 0 Å². The lowest BCUT2D eigenvalue weighted by Crippen LogP contribution is -2.50. The molecule has 2 aliphatic rings. The van der Waals surface area contributed by atoms with Crippen LogP contribution in [-0.4, -0.2) is 47.6 Å². The van der Waals surface area contributed by atoms with E-state index < -0.39 is 28.6 Å². The van der Waals surface area contributed by atoms with Crippen molar-refractivity contribution in [2.24, 2.45) is 0 Å². The van der Waals surface area contributed by atoms with Gasteiger partial charge < -0.3 is 14.5 Å². The summed E-state index contributed by atoms with van der Waals surface area (Å²) in [4.78, 5) is 27.2. The molecule has 136 valence electrons. The Morgan fingerprint density at radius 1 is 1.12 bits per heavy atom. The van der Waals surface area contributed by atoms with E-state index in [9.17, 15) is 18.4 Å². The second-order valence-electron chi connectivity index (χ2n) is 7.67. The maximum Gasteiger partial charge on any atom is 0.410 e. The number of Topliss-reactive ketones (excluding diaryl/α,β-unsaturated/α-hetero) is 1. The zero-order valence-electron chi connectivity index (χ0n) is 14.8. The maximum absolute atomic E-state index is 14.1. The summed E-state index contributed by atoms with van der Waals surface area (Å²) in [5.74, 6) is -2.34. The van der Waals surface area contributed by atoms with Gasteiger partial charge in [0.1, 0.15) is 17.2 Å². The van der Waals surface area contributed by atoms with Crippen molar-refractivity contribution >= 4 is 17.6 Å². The topological polar surface area (TPSA) is 49.9 Å². The predicted molar refractivity (Wildman–Crippen MR) is 88.8 cm³/mol. The van der Waals surface area contributed by atoms with Crippen molar-refractivity contribution in [1.82, 2.24) is 4.90 Å². The van der Waals surface area contributed by atoms with Gasteiger partial charge in [-0.1, -0.05) is 0 Å². The number of ether oxygens (including phenoxy) is 1. The summed E-state index contributed by atoms with van der Waals surface area (Å²) in [6.07, 6.45) is 0.376.